The molecule has 1 aromatic carbocycles. The maximum atomic E-state index is 14.9. The number of ether oxygens (including phenoxy) is 2. The fourth-order valence-corrected chi connectivity index (χ4v) is 2.56. The summed E-state index contributed by atoms with van der Waals surface area (Å²) in [6.07, 6.45) is 2.55. The van der Waals surface area contributed by atoms with Crippen LogP contribution in [0.1, 0.15) is 42.7 Å². The number of amides is 1. The van der Waals surface area contributed by atoms with E-state index in [4.69, 9.17) is 4.74 Å². The van der Waals surface area contributed by atoms with Crippen molar-refractivity contribution in [3.05, 3.63) is 51.3 Å². The zero-order valence-corrected chi connectivity index (χ0v) is 14.8. The zero-order valence-electron chi connectivity index (χ0n) is 14.8. The number of nitro groups is 1. The molecule has 1 aromatic rings. The standard InChI is InChI=1S/C17H19FN2O6/c1-17(2,3)26-16(22)19-9-5-6-11(19)10-7-8-12(20(23)24)13(14(10)18)15(21)25-4/h5-8,11H,9H2,1-4H3. The summed E-state index contributed by atoms with van der Waals surface area (Å²) >= 11 is 0. The molecule has 1 atom stereocenters. The van der Waals surface area contributed by atoms with Gasteiger partial charge in [0.25, 0.3) is 5.69 Å². The number of nitrogens with zero attached hydrogens (tertiary/aromatic N) is 2. The van der Waals surface area contributed by atoms with E-state index in [1.807, 2.05) is 0 Å². The van der Waals surface area contributed by atoms with E-state index in [0.29, 0.717) is 0 Å². The number of nitro benzene ring substituents is 1. The molecule has 1 amide bonds. The molecule has 2 rings (SSSR count). The van der Waals surface area contributed by atoms with E-state index in [1.165, 1.54) is 11.0 Å². The minimum Gasteiger partial charge on any atom is -0.465 e. The van der Waals surface area contributed by atoms with Crippen LogP contribution in [0.4, 0.5) is 14.9 Å². The van der Waals surface area contributed by atoms with E-state index in [1.54, 1.807) is 32.9 Å². The highest BCUT2D eigenvalue weighted by Gasteiger charge is 2.35. The van der Waals surface area contributed by atoms with Gasteiger partial charge in [0.2, 0.25) is 0 Å². The molecule has 0 saturated heterocycles. The van der Waals surface area contributed by atoms with E-state index in [2.05, 4.69) is 4.74 Å². The van der Waals surface area contributed by atoms with Gasteiger partial charge in [0, 0.05) is 18.2 Å². The molecule has 26 heavy (non-hydrogen) atoms. The molecule has 9 heteroatoms. The van der Waals surface area contributed by atoms with Crippen LogP contribution in [-0.2, 0) is 9.47 Å². The van der Waals surface area contributed by atoms with Crippen LogP contribution in [0, 0.1) is 15.9 Å². The molecule has 1 aliphatic rings. The predicted molar refractivity (Wildman–Crippen MR) is 89.2 cm³/mol. The third-order valence-electron chi connectivity index (χ3n) is 3.64. The molecule has 1 heterocycles. The van der Waals surface area contributed by atoms with E-state index in [9.17, 15) is 24.1 Å². The molecule has 0 aromatic heterocycles. The maximum absolute atomic E-state index is 14.9. The van der Waals surface area contributed by atoms with Crippen molar-refractivity contribution in [1.29, 1.82) is 0 Å². The van der Waals surface area contributed by atoms with Crippen LogP contribution < -0.4 is 0 Å². The van der Waals surface area contributed by atoms with E-state index in [-0.39, 0.29) is 12.1 Å². The number of carbonyl (C=O) groups is 2. The Morgan fingerprint density at radius 2 is 2.00 bits per heavy atom. The smallest absolute Gasteiger partial charge is 0.411 e. The van der Waals surface area contributed by atoms with Gasteiger partial charge in [0.05, 0.1) is 18.1 Å². The van der Waals surface area contributed by atoms with Crippen molar-refractivity contribution in [2.24, 2.45) is 0 Å². The van der Waals surface area contributed by atoms with Crippen molar-refractivity contribution in [1.82, 2.24) is 4.90 Å². The molecule has 0 aliphatic carbocycles. The quantitative estimate of drug-likeness (QED) is 0.352. The molecule has 0 spiro atoms. The molecular formula is C17H19FN2O6. The fraction of sp³-hybridized carbons (Fsp3) is 0.412. The Balaban J connectivity index is 2.47. The van der Waals surface area contributed by atoms with Gasteiger partial charge in [0.15, 0.2) is 5.56 Å². The Morgan fingerprint density at radius 1 is 1.35 bits per heavy atom. The fourth-order valence-electron chi connectivity index (χ4n) is 2.56. The summed E-state index contributed by atoms with van der Waals surface area (Å²) in [6, 6.07) is 1.34. The van der Waals surface area contributed by atoms with Crippen LogP contribution in [0.3, 0.4) is 0 Å². The lowest BCUT2D eigenvalue weighted by Gasteiger charge is -2.29. The Hall–Kier alpha value is -2.97. The van der Waals surface area contributed by atoms with E-state index < -0.39 is 45.7 Å². The summed E-state index contributed by atoms with van der Waals surface area (Å²) in [7, 11) is 1.00. The van der Waals surface area contributed by atoms with Gasteiger partial charge in [0.1, 0.15) is 11.4 Å². The van der Waals surface area contributed by atoms with Crippen molar-refractivity contribution in [2.75, 3.05) is 13.7 Å². The Bertz CT molecular complexity index is 784. The van der Waals surface area contributed by atoms with Crippen LogP contribution in [0.2, 0.25) is 0 Å². The highest BCUT2D eigenvalue weighted by atomic mass is 19.1. The predicted octanol–water partition coefficient (Wildman–Crippen LogP) is 3.37. The van der Waals surface area contributed by atoms with Crippen LogP contribution in [0.25, 0.3) is 0 Å². The average molecular weight is 366 g/mol. The Morgan fingerprint density at radius 3 is 2.54 bits per heavy atom. The normalized spacial score (nSPS) is 16.5. The number of carbonyl (C=O) groups excluding carboxylic acids is 2. The lowest BCUT2D eigenvalue weighted by molar-refractivity contribution is -0.385. The second kappa shape index (κ2) is 7.11. The first-order valence-corrected chi connectivity index (χ1v) is 7.78. The minimum absolute atomic E-state index is 0.0596. The average Bonchev–Trinajstić information content (AvgIpc) is 3.01. The lowest BCUT2D eigenvalue weighted by atomic mass is 10.0. The van der Waals surface area contributed by atoms with Gasteiger partial charge < -0.3 is 9.47 Å². The second-order valence-corrected chi connectivity index (χ2v) is 6.62. The summed E-state index contributed by atoms with van der Waals surface area (Å²) in [5, 5.41) is 11.1. The molecule has 8 nitrogen and oxygen atoms in total. The molecular weight excluding hydrogens is 347 g/mol. The zero-order chi connectivity index (χ0) is 19.6. The number of rotatable bonds is 3. The summed E-state index contributed by atoms with van der Waals surface area (Å²) in [5.41, 5.74) is -2.28. The van der Waals surface area contributed by atoms with Gasteiger partial charge in [-0.15, -0.1) is 0 Å². The summed E-state index contributed by atoms with van der Waals surface area (Å²) in [6.45, 7) is 5.28. The van der Waals surface area contributed by atoms with Crippen LogP contribution in [0.5, 0.6) is 0 Å². The molecule has 0 bridgehead atoms. The van der Waals surface area contributed by atoms with Crippen molar-refractivity contribution >= 4 is 17.7 Å². The number of hydrogen-bond donors (Lipinski definition) is 0. The summed E-state index contributed by atoms with van der Waals surface area (Å²) in [4.78, 5) is 35.7. The second-order valence-electron chi connectivity index (χ2n) is 6.62. The van der Waals surface area contributed by atoms with E-state index in [0.717, 1.165) is 13.2 Å². The summed E-state index contributed by atoms with van der Waals surface area (Å²) < 4.78 is 24.7. The van der Waals surface area contributed by atoms with Gasteiger partial charge in [-0.3, -0.25) is 15.0 Å². The van der Waals surface area contributed by atoms with Gasteiger partial charge in [-0.1, -0.05) is 12.2 Å². The molecule has 0 saturated carbocycles. The van der Waals surface area contributed by atoms with Crippen LogP contribution in [0.15, 0.2) is 24.3 Å². The topological polar surface area (TPSA) is 99.0 Å². The largest absolute Gasteiger partial charge is 0.465 e. The number of hydrogen-bond acceptors (Lipinski definition) is 6. The van der Waals surface area contributed by atoms with Gasteiger partial charge >= 0.3 is 12.1 Å². The van der Waals surface area contributed by atoms with Crippen molar-refractivity contribution < 1.29 is 28.4 Å². The Labute approximate surface area is 149 Å². The number of halogens is 1. The highest BCUT2D eigenvalue weighted by Crippen LogP contribution is 2.34. The van der Waals surface area contributed by atoms with Gasteiger partial charge in [-0.05, 0) is 26.8 Å². The number of esters is 1. The molecule has 0 N–H and O–H groups in total. The lowest BCUT2D eigenvalue weighted by Crippen LogP contribution is -2.37. The van der Waals surface area contributed by atoms with E-state index >= 15 is 0 Å². The molecule has 1 unspecified atom stereocenters. The maximum Gasteiger partial charge on any atom is 0.411 e. The molecule has 0 radical (unpaired) electrons. The first-order chi connectivity index (χ1) is 12.1. The van der Waals surface area contributed by atoms with Gasteiger partial charge in [-0.25, -0.2) is 14.0 Å². The van der Waals surface area contributed by atoms with Crippen molar-refractivity contribution in [3.63, 3.8) is 0 Å². The van der Waals surface area contributed by atoms with Gasteiger partial charge in [-0.2, -0.15) is 0 Å². The SMILES string of the molecule is COC(=O)c1c([N+](=O)[O-])ccc(C2C=CCN2C(=O)OC(C)(C)C)c1F. The van der Waals surface area contributed by atoms with Crippen molar-refractivity contribution in [2.45, 2.75) is 32.4 Å². The molecule has 0 fully saturated rings. The third kappa shape index (κ3) is 3.81. The van der Waals surface area contributed by atoms with Crippen molar-refractivity contribution in [3.8, 4) is 0 Å². The minimum atomic E-state index is -1.16. The third-order valence-corrected chi connectivity index (χ3v) is 3.64. The number of methoxy groups -OCH3 is 1. The number of benzene rings is 1. The first-order valence-electron chi connectivity index (χ1n) is 7.78. The monoisotopic (exact) mass is 366 g/mol. The van der Waals surface area contributed by atoms with Crippen LogP contribution in [-0.4, -0.2) is 41.1 Å². The first kappa shape index (κ1) is 19.4. The highest BCUT2D eigenvalue weighted by molar-refractivity contribution is 5.94. The Kier molecular flexibility index (Phi) is 5.29. The summed E-state index contributed by atoms with van der Waals surface area (Å²) in [5.74, 6) is -2.27. The van der Waals surface area contributed by atoms with Crippen LogP contribution >= 0.6 is 0 Å². The molecule has 140 valence electrons. The molecule has 1 aliphatic heterocycles.